The van der Waals surface area contributed by atoms with Gasteiger partial charge in [-0.1, -0.05) is 0 Å². The van der Waals surface area contributed by atoms with Gasteiger partial charge in [0.1, 0.15) is 6.61 Å². The van der Waals surface area contributed by atoms with Crippen LogP contribution in [-0.2, 0) is 6.61 Å². The van der Waals surface area contributed by atoms with Crippen molar-refractivity contribution in [2.75, 3.05) is 26.7 Å². The van der Waals surface area contributed by atoms with Crippen LogP contribution in [0.5, 0.6) is 11.5 Å². The first kappa shape index (κ1) is 18.2. The van der Waals surface area contributed by atoms with Crippen LogP contribution in [0, 0.1) is 0 Å². The fraction of sp³-hybridized carbons (Fsp3) is 0.400. The molecule has 138 valence electrons. The quantitative estimate of drug-likeness (QED) is 0.827. The summed E-state index contributed by atoms with van der Waals surface area (Å²) in [4.78, 5) is 18.6. The number of nitrogens with one attached hydrogen (secondary N) is 1. The number of carbonyl (C=O) groups excluding carboxylic acids is 1. The van der Waals surface area contributed by atoms with Crippen LogP contribution in [0.3, 0.4) is 0 Å². The molecule has 1 amide bonds. The fourth-order valence-corrected chi connectivity index (χ4v) is 3.01. The molecule has 1 aliphatic rings. The number of likely N-dealkylation sites (N-methyl/N-ethyl adjacent to an activating group) is 1. The molecule has 0 saturated carbocycles. The Bertz CT molecular complexity index is 730. The van der Waals surface area contributed by atoms with Crippen LogP contribution in [0.15, 0.2) is 42.7 Å². The maximum absolute atomic E-state index is 12.8. The normalized spacial score (nSPS) is 16.3. The van der Waals surface area contributed by atoms with Crippen LogP contribution in [0.25, 0.3) is 0 Å². The van der Waals surface area contributed by atoms with Crippen LogP contribution in [-0.4, -0.2) is 48.6 Å². The van der Waals surface area contributed by atoms with E-state index < -0.39 is 0 Å². The maximum atomic E-state index is 12.8. The van der Waals surface area contributed by atoms with E-state index in [1.165, 1.54) is 0 Å². The third-order valence-electron chi connectivity index (χ3n) is 4.54. The molecule has 0 radical (unpaired) electrons. The van der Waals surface area contributed by atoms with Gasteiger partial charge in [-0.2, -0.15) is 0 Å². The highest BCUT2D eigenvalue weighted by Gasteiger charge is 2.24. The first-order valence-corrected chi connectivity index (χ1v) is 8.95. The Hall–Kier alpha value is -2.60. The van der Waals surface area contributed by atoms with E-state index in [1.54, 1.807) is 30.6 Å². The molecule has 0 aliphatic carbocycles. The minimum absolute atomic E-state index is 0.000312. The highest BCUT2D eigenvalue weighted by Crippen LogP contribution is 2.30. The van der Waals surface area contributed by atoms with Crippen LogP contribution in [0.4, 0.5) is 0 Å². The molecule has 1 N–H and O–H groups in total. The molecule has 2 aromatic rings. The number of rotatable bonds is 7. The number of benzene rings is 1. The van der Waals surface area contributed by atoms with Crippen molar-refractivity contribution in [1.82, 2.24) is 15.2 Å². The second-order valence-electron chi connectivity index (χ2n) is 6.30. The topological polar surface area (TPSA) is 63.7 Å². The van der Waals surface area contributed by atoms with Gasteiger partial charge in [-0.25, -0.2) is 0 Å². The standard InChI is InChI=1S/C20H25N3O3/c1-3-25-19-12-16(20(24)23(2)17-8-11-22-13-17)4-5-18(19)26-14-15-6-9-21-10-7-15/h4-7,9-10,12,17,22H,3,8,11,13-14H2,1-2H3/t17-/m1/s1. The number of hydrogen-bond acceptors (Lipinski definition) is 5. The van der Waals surface area contributed by atoms with Gasteiger partial charge in [0, 0.05) is 37.6 Å². The van der Waals surface area contributed by atoms with Crippen molar-refractivity contribution in [3.8, 4) is 11.5 Å². The van der Waals surface area contributed by atoms with Crippen LogP contribution in [0.2, 0.25) is 0 Å². The zero-order chi connectivity index (χ0) is 18.4. The summed E-state index contributed by atoms with van der Waals surface area (Å²) in [5, 5.41) is 3.29. The molecular formula is C20H25N3O3. The largest absolute Gasteiger partial charge is 0.490 e. The fourth-order valence-electron chi connectivity index (χ4n) is 3.01. The molecule has 1 aliphatic heterocycles. The lowest BCUT2D eigenvalue weighted by molar-refractivity contribution is 0.0743. The summed E-state index contributed by atoms with van der Waals surface area (Å²) < 4.78 is 11.6. The first-order valence-electron chi connectivity index (χ1n) is 8.95. The molecule has 1 saturated heterocycles. The summed E-state index contributed by atoms with van der Waals surface area (Å²) in [5.74, 6) is 1.22. The third kappa shape index (κ3) is 4.32. The number of amides is 1. The molecule has 3 rings (SSSR count). The highest BCUT2D eigenvalue weighted by molar-refractivity contribution is 5.95. The molecule has 26 heavy (non-hydrogen) atoms. The van der Waals surface area contributed by atoms with Gasteiger partial charge in [-0.3, -0.25) is 9.78 Å². The lowest BCUT2D eigenvalue weighted by Crippen LogP contribution is -2.38. The number of carbonyl (C=O) groups is 1. The number of hydrogen-bond donors (Lipinski definition) is 1. The number of aromatic nitrogens is 1. The third-order valence-corrected chi connectivity index (χ3v) is 4.54. The molecule has 6 heteroatoms. The second-order valence-corrected chi connectivity index (χ2v) is 6.30. The Morgan fingerprint density at radius 1 is 1.23 bits per heavy atom. The molecule has 1 aromatic carbocycles. The molecule has 0 bridgehead atoms. The number of ether oxygens (including phenoxy) is 2. The van der Waals surface area contributed by atoms with E-state index in [0.29, 0.717) is 30.3 Å². The highest BCUT2D eigenvalue weighted by atomic mass is 16.5. The summed E-state index contributed by atoms with van der Waals surface area (Å²) in [6.45, 7) is 4.63. The van der Waals surface area contributed by atoms with E-state index >= 15 is 0 Å². The Morgan fingerprint density at radius 2 is 2.04 bits per heavy atom. The van der Waals surface area contributed by atoms with Crippen LogP contribution in [0.1, 0.15) is 29.3 Å². The van der Waals surface area contributed by atoms with Crippen molar-refractivity contribution in [2.24, 2.45) is 0 Å². The summed E-state index contributed by atoms with van der Waals surface area (Å²) in [6.07, 6.45) is 4.45. The van der Waals surface area contributed by atoms with Gasteiger partial charge in [0.05, 0.1) is 6.61 Å². The van der Waals surface area contributed by atoms with Crippen molar-refractivity contribution < 1.29 is 14.3 Å². The minimum atomic E-state index is 0.000312. The van der Waals surface area contributed by atoms with E-state index in [2.05, 4.69) is 10.3 Å². The summed E-state index contributed by atoms with van der Waals surface area (Å²) in [6, 6.07) is 9.42. The molecule has 1 fully saturated rings. The smallest absolute Gasteiger partial charge is 0.254 e. The van der Waals surface area contributed by atoms with Crippen LogP contribution < -0.4 is 14.8 Å². The van der Waals surface area contributed by atoms with Crippen molar-refractivity contribution >= 4 is 5.91 Å². The van der Waals surface area contributed by atoms with E-state index in [1.807, 2.05) is 31.0 Å². The predicted molar refractivity (Wildman–Crippen MR) is 99.5 cm³/mol. The molecular weight excluding hydrogens is 330 g/mol. The lowest BCUT2D eigenvalue weighted by atomic mass is 10.1. The Balaban J connectivity index is 1.74. The zero-order valence-electron chi connectivity index (χ0n) is 15.3. The molecule has 2 heterocycles. The average Bonchev–Trinajstić information content (AvgIpc) is 3.21. The average molecular weight is 355 g/mol. The summed E-state index contributed by atoms with van der Waals surface area (Å²) >= 11 is 0. The molecule has 0 unspecified atom stereocenters. The summed E-state index contributed by atoms with van der Waals surface area (Å²) in [7, 11) is 1.86. The van der Waals surface area contributed by atoms with Gasteiger partial charge in [0.2, 0.25) is 0 Å². The predicted octanol–water partition coefficient (Wildman–Crippen LogP) is 2.49. The monoisotopic (exact) mass is 355 g/mol. The minimum Gasteiger partial charge on any atom is -0.490 e. The van der Waals surface area contributed by atoms with Crippen molar-refractivity contribution in [3.05, 3.63) is 53.9 Å². The number of pyridine rings is 1. The van der Waals surface area contributed by atoms with Gasteiger partial charge in [-0.05, 0) is 55.8 Å². The maximum Gasteiger partial charge on any atom is 0.254 e. The molecule has 6 nitrogen and oxygen atoms in total. The van der Waals surface area contributed by atoms with Gasteiger partial charge in [0.25, 0.3) is 5.91 Å². The van der Waals surface area contributed by atoms with Crippen molar-refractivity contribution in [2.45, 2.75) is 26.0 Å². The van der Waals surface area contributed by atoms with Crippen LogP contribution >= 0.6 is 0 Å². The van der Waals surface area contributed by atoms with E-state index in [0.717, 1.165) is 25.1 Å². The molecule has 0 spiro atoms. The van der Waals surface area contributed by atoms with Gasteiger partial charge in [-0.15, -0.1) is 0 Å². The zero-order valence-corrected chi connectivity index (χ0v) is 15.3. The van der Waals surface area contributed by atoms with E-state index in [-0.39, 0.29) is 11.9 Å². The van der Waals surface area contributed by atoms with E-state index in [4.69, 9.17) is 9.47 Å². The second kappa shape index (κ2) is 8.67. The molecule has 1 atom stereocenters. The SMILES string of the molecule is CCOc1cc(C(=O)N(C)[C@@H]2CCNC2)ccc1OCc1ccncc1. The summed E-state index contributed by atoms with van der Waals surface area (Å²) in [5.41, 5.74) is 1.63. The van der Waals surface area contributed by atoms with E-state index in [9.17, 15) is 4.79 Å². The lowest BCUT2D eigenvalue weighted by Gasteiger charge is -2.24. The van der Waals surface area contributed by atoms with Gasteiger partial charge >= 0.3 is 0 Å². The Labute approximate surface area is 154 Å². The first-order chi connectivity index (χ1) is 12.7. The van der Waals surface area contributed by atoms with Crippen molar-refractivity contribution in [1.29, 1.82) is 0 Å². The Morgan fingerprint density at radius 3 is 2.73 bits per heavy atom. The van der Waals surface area contributed by atoms with Crippen molar-refractivity contribution in [3.63, 3.8) is 0 Å². The Kier molecular flexibility index (Phi) is 6.07. The number of nitrogens with zero attached hydrogens (tertiary/aromatic N) is 2. The molecule has 1 aromatic heterocycles. The van der Waals surface area contributed by atoms with Gasteiger partial charge < -0.3 is 19.7 Å². The van der Waals surface area contributed by atoms with Gasteiger partial charge in [0.15, 0.2) is 11.5 Å².